The monoisotopic (exact) mass is 269 g/mol. The van der Waals surface area contributed by atoms with Gasteiger partial charge in [0, 0.05) is 36.2 Å². The number of thiazole rings is 1. The maximum atomic E-state index is 12.2. The summed E-state index contributed by atoms with van der Waals surface area (Å²) in [5.41, 5.74) is 0.904. The van der Waals surface area contributed by atoms with Gasteiger partial charge in [-0.25, -0.2) is 0 Å². The Bertz CT molecular complexity index is 506. The molecule has 1 saturated heterocycles. The molecule has 1 N–H and O–H groups in total. The molecule has 1 amide bonds. The lowest BCUT2D eigenvalue weighted by molar-refractivity contribution is -0.134. The topological polar surface area (TPSA) is 54.3 Å². The molecule has 1 aromatic heterocycles. The second kappa shape index (κ2) is 5.24. The number of carbonyl (C=O) groups excluding carboxylic acids is 1. The molecule has 1 aromatic rings. The highest BCUT2D eigenvalue weighted by molar-refractivity contribution is 7.09. The Morgan fingerprint density at radius 3 is 2.78 bits per heavy atom. The number of amides is 1. The molecule has 6 heteroatoms. The summed E-state index contributed by atoms with van der Waals surface area (Å²) in [6, 6.07) is 0.196. The third-order valence-electron chi connectivity index (χ3n) is 3.49. The van der Waals surface area contributed by atoms with Crippen LogP contribution in [0.25, 0.3) is 0 Å². The van der Waals surface area contributed by atoms with Gasteiger partial charge in [-0.05, 0) is 20.8 Å². The van der Waals surface area contributed by atoms with Gasteiger partial charge in [-0.2, -0.15) is 0 Å². The molecule has 0 aliphatic carbocycles. The molecule has 0 bridgehead atoms. The van der Waals surface area contributed by atoms with Crippen LogP contribution in [0.2, 0.25) is 0 Å². The molecule has 100 valence electrons. The van der Waals surface area contributed by atoms with Crippen LogP contribution in [0.1, 0.15) is 17.5 Å². The largest absolute Gasteiger partial charge is 0.336 e. The third-order valence-corrected chi connectivity index (χ3v) is 4.49. The quantitative estimate of drug-likeness (QED) is 0.843. The Balaban J connectivity index is 2.13. The summed E-state index contributed by atoms with van der Waals surface area (Å²) in [6.07, 6.45) is 0. The Morgan fingerprint density at radius 1 is 1.50 bits per heavy atom. The van der Waals surface area contributed by atoms with E-state index < -0.39 is 0 Å². The Morgan fingerprint density at radius 2 is 2.22 bits per heavy atom. The van der Waals surface area contributed by atoms with Crippen LogP contribution in [0.15, 0.2) is 4.79 Å². The Hall–Kier alpha value is -1.14. The van der Waals surface area contributed by atoms with Crippen LogP contribution in [0.3, 0.4) is 0 Å². The van der Waals surface area contributed by atoms with Crippen molar-refractivity contribution >= 4 is 17.2 Å². The third kappa shape index (κ3) is 2.49. The molecule has 1 aliphatic heterocycles. The smallest absolute Gasteiger partial charge is 0.308 e. The average molecular weight is 269 g/mol. The molecular weight excluding hydrogens is 250 g/mol. The predicted molar refractivity (Wildman–Crippen MR) is 72.1 cm³/mol. The van der Waals surface area contributed by atoms with Gasteiger partial charge in [-0.1, -0.05) is 11.3 Å². The van der Waals surface area contributed by atoms with Crippen LogP contribution in [0.5, 0.6) is 0 Å². The standard InChI is InChI=1S/C12H19N3O2S/c1-8-6-13-4-5-14(8)11(16)7-15-9(2)10(3)18-12(15)17/h8,13H,4-7H2,1-3H3. The maximum absolute atomic E-state index is 12.2. The minimum absolute atomic E-state index is 0.0343. The van der Waals surface area contributed by atoms with E-state index in [-0.39, 0.29) is 23.4 Å². The van der Waals surface area contributed by atoms with Crippen molar-refractivity contribution in [2.75, 3.05) is 19.6 Å². The van der Waals surface area contributed by atoms with Gasteiger partial charge in [0.25, 0.3) is 0 Å². The van der Waals surface area contributed by atoms with Gasteiger partial charge in [-0.3, -0.25) is 14.2 Å². The lowest BCUT2D eigenvalue weighted by atomic mass is 10.2. The average Bonchev–Trinajstić information content (AvgIpc) is 2.56. The number of aryl methyl sites for hydroxylation is 1. The van der Waals surface area contributed by atoms with Crippen LogP contribution < -0.4 is 10.2 Å². The summed E-state index contributed by atoms with van der Waals surface area (Å²) in [6.45, 7) is 8.36. The lowest BCUT2D eigenvalue weighted by Crippen LogP contribution is -2.53. The summed E-state index contributed by atoms with van der Waals surface area (Å²) < 4.78 is 1.58. The maximum Gasteiger partial charge on any atom is 0.308 e. The van der Waals surface area contributed by atoms with Crippen LogP contribution in [-0.2, 0) is 11.3 Å². The predicted octanol–water partition coefficient (Wildman–Crippen LogP) is 0.347. The second-order valence-corrected chi connectivity index (χ2v) is 5.90. The van der Waals surface area contributed by atoms with Gasteiger partial charge < -0.3 is 10.2 Å². The minimum Gasteiger partial charge on any atom is -0.336 e. The molecule has 1 unspecified atom stereocenters. The summed E-state index contributed by atoms with van der Waals surface area (Å²) >= 11 is 1.21. The first kappa shape index (κ1) is 13.3. The SMILES string of the molecule is Cc1sc(=O)n(CC(=O)N2CCNCC2C)c1C. The normalized spacial score (nSPS) is 20.2. The van der Waals surface area contributed by atoms with Crippen LogP contribution in [-0.4, -0.2) is 41.1 Å². The van der Waals surface area contributed by atoms with E-state index in [0.29, 0.717) is 0 Å². The first-order valence-corrected chi connectivity index (χ1v) is 6.99. The zero-order valence-corrected chi connectivity index (χ0v) is 11.8. The molecule has 5 nitrogen and oxygen atoms in total. The fraction of sp³-hybridized carbons (Fsp3) is 0.667. The zero-order valence-electron chi connectivity index (χ0n) is 11.0. The van der Waals surface area contributed by atoms with E-state index in [4.69, 9.17) is 0 Å². The van der Waals surface area contributed by atoms with E-state index in [1.807, 2.05) is 25.7 Å². The molecule has 0 spiro atoms. The summed E-state index contributed by atoms with van der Waals surface area (Å²) in [5.74, 6) is 0.0343. The molecule has 0 saturated carbocycles. The van der Waals surface area contributed by atoms with Crippen molar-refractivity contribution in [3.05, 3.63) is 20.2 Å². The summed E-state index contributed by atoms with van der Waals surface area (Å²) in [4.78, 5) is 26.8. The van der Waals surface area contributed by atoms with Crippen LogP contribution in [0.4, 0.5) is 0 Å². The number of aromatic nitrogens is 1. The molecule has 1 aliphatic rings. The molecule has 0 radical (unpaired) electrons. The number of nitrogens with one attached hydrogen (secondary N) is 1. The van der Waals surface area contributed by atoms with Crippen molar-refractivity contribution in [3.63, 3.8) is 0 Å². The van der Waals surface area contributed by atoms with E-state index >= 15 is 0 Å². The van der Waals surface area contributed by atoms with Crippen molar-refractivity contribution in [1.82, 2.24) is 14.8 Å². The van der Waals surface area contributed by atoms with E-state index in [1.54, 1.807) is 4.57 Å². The molecule has 1 fully saturated rings. The fourth-order valence-electron chi connectivity index (χ4n) is 2.21. The van der Waals surface area contributed by atoms with Crippen molar-refractivity contribution < 1.29 is 4.79 Å². The number of hydrogen-bond donors (Lipinski definition) is 1. The lowest BCUT2D eigenvalue weighted by Gasteiger charge is -2.34. The van der Waals surface area contributed by atoms with Crippen molar-refractivity contribution in [2.24, 2.45) is 0 Å². The fourth-order valence-corrected chi connectivity index (χ4v) is 3.04. The Labute approximate surface area is 110 Å². The van der Waals surface area contributed by atoms with Crippen molar-refractivity contribution in [3.8, 4) is 0 Å². The highest BCUT2D eigenvalue weighted by Crippen LogP contribution is 2.11. The van der Waals surface area contributed by atoms with Gasteiger partial charge in [0.1, 0.15) is 6.54 Å². The number of piperazine rings is 1. The van der Waals surface area contributed by atoms with E-state index in [2.05, 4.69) is 5.32 Å². The van der Waals surface area contributed by atoms with Gasteiger partial charge in [0.05, 0.1) is 0 Å². The molecule has 2 heterocycles. The van der Waals surface area contributed by atoms with E-state index in [9.17, 15) is 9.59 Å². The van der Waals surface area contributed by atoms with Gasteiger partial charge in [0.2, 0.25) is 5.91 Å². The number of hydrogen-bond acceptors (Lipinski definition) is 4. The highest BCUT2D eigenvalue weighted by atomic mass is 32.1. The van der Waals surface area contributed by atoms with Gasteiger partial charge >= 0.3 is 4.87 Å². The molecule has 18 heavy (non-hydrogen) atoms. The van der Waals surface area contributed by atoms with Crippen LogP contribution >= 0.6 is 11.3 Å². The highest BCUT2D eigenvalue weighted by Gasteiger charge is 2.24. The molecule has 0 aromatic carbocycles. The van der Waals surface area contributed by atoms with E-state index in [0.717, 1.165) is 30.2 Å². The van der Waals surface area contributed by atoms with Gasteiger partial charge in [0.15, 0.2) is 0 Å². The Kier molecular flexibility index (Phi) is 3.87. The first-order chi connectivity index (χ1) is 8.50. The van der Waals surface area contributed by atoms with Crippen molar-refractivity contribution in [1.29, 1.82) is 0 Å². The summed E-state index contributed by atoms with van der Waals surface area (Å²) in [5, 5.41) is 3.25. The van der Waals surface area contributed by atoms with E-state index in [1.165, 1.54) is 11.3 Å². The second-order valence-electron chi connectivity index (χ2n) is 4.74. The number of nitrogens with zero attached hydrogens (tertiary/aromatic N) is 2. The number of rotatable bonds is 2. The number of carbonyl (C=O) groups is 1. The zero-order chi connectivity index (χ0) is 13.3. The molecule has 2 rings (SSSR count). The van der Waals surface area contributed by atoms with Crippen molar-refractivity contribution in [2.45, 2.75) is 33.4 Å². The summed E-state index contributed by atoms with van der Waals surface area (Å²) in [7, 11) is 0. The minimum atomic E-state index is -0.0406. The molecular formula is C12H19N3O2S. The van der Waals surface area contributed by atoms with Crippen LogP contribution in [0, 0.1) is 13.8 Å². The first-order valence-electron chi connectivity index (χ1n) is 6.17. The molecule has 1 atom stereocenters. The van der Waals surface area contributed by atoms with Gasteiger partial charge in [-0.15, -0.1) is 0 Å².